The van der Waals surface area contributed by atoms with Gasteiger partial charge in [-0.1, -0.05) is 6.07 Å². The van der Waals surface area contributed by atoms with Crippen LogP contribution in [-0.2, 0) is 9.53 Å². The highest BCUT2D eigenvalue weighted by atomic mass is 16.5. The SMILES string of the molecule is Cc1ccc(O)c(NC(=O)[C@@H]2CCO[C@H]2c2cnn(C(C)C)c2)c1. The van der Waals surface area contributed by atoms with Gasteiger partial charge in [-0.15, -0.1) is 0 Å². The van der Waals surface area contributed by atoms with Crippen LogP contribution in [0.3, 0.4) is 0 Å². The molecule has 2 N–H and O–H groups in total. The standard InChI is InChI=1S/C18H23N3O3/c1-11(2)21-10-13(9-19-21)17-14(6-7-24-17)18(23)20-15-8-12(3)4-5-16(15)22/h4-5,8-11,14,17,22H,6-7H2,1-3H3,(H,20,23)/t14-,17+/m1/s1. The van der Waals surface area contributed by atoms with Crippen LogP contribution in [0.4, 0.5) is 5.69 Å². The first-order chi connectivity index (χ1) is 11.5. The minimum Gasteiger partial charge on any atom is -0.506 e. The van der Waals surface area contributed by atoms with Crippen molar-refractivity contribution in [1.82, 2.24) is 9.78 Å². The number of nitrogens with zero attached hydrogens (tertiary/aromatic N) is 2. The van der Waals surface area contributed by atoms with Crippen LogP contribution in [0, 0.1) is 12.8 Å². The molecule has 0 unspecified atom stereocenters. The van der Waals surface area contributed by atoms with Crippen molar-refractivity contribution in [1.29, 1.82) is 0 Å². The summed E-state index contributed by atoms with van der Waals surface area (Å²) in [5.41, 5.74) is 2.32. The molecule has 6 heteroatoms. The molecule has 0 spiro atoms. The lowest BCUT2D eigenvalue weighted by Crippen LogP contribution is -2.25. The van der Waals surface area contributed by atoms with Gasteiger partial charge in [-0.25, -0.2) is 0 Å². The van der Waals surface area contributed by atoms with Crippen molar-refractivity contribution in [2.75, 3.05) is 11.9 Å². The van der Waals surface area contributed by atoms with Gasteiger partial charge in [0.1, 0.15) is 5.75 Å². The summed E-state index contributed by atoms with van der Waals surface area (Å²) in [4.78, 5) is 12.7. The number of aromatic hydroxyl groups is 1. The van der Waals surface area contributed by atoms with Crippen LogP contribution < -0.4 is 5.32 Å². The van der Waals surface area contributed by atoms with E-state index in [-0.39, 0.29) is 29.7 Å². The largest absolute Gasteiger partial charge is 0.506 e. The van der Waals surface area contributed by atoms with Crippen LogP contribution in [0.5, 0.6) is 5.75 Å². The van der Waals surface area contributed by atoms with Crippen LogP contribution in [0.1, 0.15) is 43.5 Å². The quantitative estimate of drug-likeness (QED) is 0.845. The molecule has 2 heterocycles. The molecule has 1 aliphatic heterocycles. The molecular weight excluding hydrogens is 306 g/mol. The fourth-order valence-corrected chi connectivity index (χ4v) is 2.94. The number of carbonyl (C=O) groups is 1. The molecule has 1 saturated heterocycles. The lowest BCUT2D eigenvalue weighted by atomic mass is 9.96. The number of aromatic nitrogens is 2. The zero-order valence-electron chi connectivity index (χ0n) is 14.2. The Labute approximate surface area is 141 Å². The van der Waals surface area contributed by atoms with Gasteiger partial charge in [0, 0.05) is 24.4 Å². The van der Waals surface area contributed by atoms with Crippen molar-refractivity contribution in [3.8, 4) is 5.75 Å². The number of nitrogens with one attached hydrogen (secondary N) is 1. The van der Waals surface area contributed by atoms with Gasteiger partial charge >= 0.3 is 0 Å². The summed E-state index contributed by atoms with van der Waals surface area (Å²) in [6.45, 7) is 6.56. The third kappa shape index (κ3) is 3.28. The summed E-state index contributed by atoms with van der Waals surface area (Å²) in [6.07, 6.45) is 4.05. The number of aryl methyl sites for hydroxylation is 1. The summed E-state index contributed by atoms with van der Waals surface area (Å²) in [7, 11) is 0. The number of phenolic OH excluding ortho intramolecular Hbond substituents is 1. The number of hydrogen-bond donors (Lipinski definition) is 2. The highest BCUT2D eigenvalue weighted by molar-refractivity contribution is 5.94. The average molecular weight is 329 g/mol. The van der Waals surface area contributed by atoms with Gasteiger partial charge in [-0.3, -0.25) is 9.48 Å². The van der Waals surface area contributed by atoms with Crippen LogP contribution in [0.2, 0.25) is 0 Å². The first kappa shape index (κ1) is 16.5. The normalized spacial score (nSPS) is 20.5. The van der Waals surface area contributed by atoms with E-state index in [4.69, 9.17) is 4.74 Å². The van der Waals surface area contributed by atoms with E-state index < -0.39 is 0 Å². The number of benzene rings is 1. The van der Waals surface area contributed by atoms with E-state index in [0.717, 1.165) is 11.1 Å². The summed E-state index contributed by atoms with van der Waals surface area (Å²) in [5, 5.41) is 17.1. The van der Waals surface area contributed by atoms with Crippen molar-refractivity contribution < 1.29 is 14.6 Å². The van der Waals surface area contributed by atoms with Gasteiger partial charge in [0.15, 0.2) is 0 Å². The van der Waals surface area contributed by atoms with E-state index in [2.05, 4.69) is 24.3 Å². The summed E-state index contributed by atoms with van der Waals surface area (Å²) >= 11 is 0. The third-order valence-electron chi connectivity index (χ3n) is 4.32. The summed E-state index contributed by atoms with van der Waals surface area (Å²) in [5.74, 6) is -0.373. The molecule has 1 amide bonds. The topological polar surface area (TPSA) is 76.4 Å². The van der Waals surface area contributed by atoms with Crippen molar-refractivity contribution in [3.63, 3.8) is 0 Å². The Morgan fingerprint density at radius 3 is 2.96 bits per heavy atom. The molecule has 1 aromatic carbocycles. The number of ether oxygens (including phenoxy) is 1. The van der Waals surface area contributed by atoms with Gasteiger partial charge in [0.2, 0.25) is 5.91 Å². The van der Waals surface area contributed by atoms with Crippen LogP contribution in [-0.4, -0.2) is 27.4 Å². The summed E-state index contributed by atoms with van der Waals surface area (Å²) < 4.78 is 7.64. The lowest BCUT2D eigenvalue weighted by Gasteiger charge is -2.17. The monoisotopic (exact) mass is 329 g/mol. The minimum atomic E-state index is -0.301. The number of amides is 1. The molecule has 6 nitrogen and oxygen atoms in total. The zero-order valence-corrected chi connectivity index (χ0v) is 14.2. The molecule has 2 aromatic rings. The fraction of sp³-hybridized carbons (Fsp3) is 0.444. The maximum atomic E-state index is 12.7. The molecule has 0 aliphatic carbocycles. The number of rotatable bonds is 4. The molecule has 3 rings (SSSR count). The highest BCUT2D eigenvalue weighted by Gasteiger charge is 2.36. The van der Waals surface area contributed by atoms with Crippen LogP contribution >= 0.6 is 0 Å². The molecule has 1 fully saturated rings. The third-order valence-corrected chi connectivity index (χ3v) is 4.32. The van der Waals surface area contributed by atoms with Crippen molar-refractivity contribution in [2.24, 2.45) is 5.92 Å². The van der Waals surface area contributed by atoms with Crippen LogP contribution in [0.25, 0.3) is 0 Å². The predicted molar refractivity (Wildman–Crippen MR) is 90.9 cm³/mol. The molecule has 24 heavy (non-hydrogen) atoms. The number of carbonyl (C=O) groups excluding carboxylic acids is 1. The van der Waals surface area contributed by atoms with E-state index >= 15 is 0 Å². The number of anilines is 1. The molecule has 1 aromatic heterocycles. The Morgan fingerprint density at radius 1 is 1.46 bits per heavy atom. The number of hydrogen-bond acceptors (Lipinski definition) is 4. The maximum Gasteiger partial charge on any atom is 0.230 e. The van der Waals surface area contributed by atoms with Crippen LogP contribution in [0.15, 0.2) is 30.6 Å². The van der Waals surface area contributed by atoms with E-state index in [1.165, 1.54) is 0 Å². The van der Waals surface area contributed by atoms with Gasteiger partial charge in [-0.05, 0) is 44.9 Å². The smallest absolute Gasteiger partial charge is 0.230 e. The van der Waals surface area contributed by atoms with Gasteiger partial charge in [0.25, 0.3) is 0 Å². The van der Waals surface area contributed by atoms with Crippen molar-refractivity contribution in [2.45, 2.75) is 39.3 Å². The first-order valence-corrected chi connectivity index (χ1v) is 8.22. The Bertz CT molecular complexity index is 739. The average Bonchev–Trinajstić information content (AvgIpc) is 3.18. The molecule has 1 aliphatic rings. The summed E-state index contributed by atoms with van der Waals surface area (Å²) in [6, 6.07) is 5.40. The molecule has 0 bridgehead atoms. The minimum absolute atomic E-state index is 0.0667. The Morgan fingerprint density at radius 2 is 2.25 bits per heavy atom. The second-order valence-electron chi connectivity index (χ2n) is 6.54. The predicted octanol–water partition coefficient (Wildman–Crippen LogP) is 3.19. The van der Waals surface area contributed by atoms with E-state index in [1.807, 2.05) is 17.8 Å². The van der Waals surface area contributed by atoms with Gasteiger partial charge in [-0.2, -0.15) is 5.10 Å². The fourth-order valence-electron chi connectivity index (χ4n) is 2.94. The Hall–Kier alpha value is -2.34. The highest BCUT2D eigenvalue weighted by Crippen LogP contribution is 2.36. The number of phenols is 1. The maximum absolute atomic E-state index is 12.7. The second kappa shape index (κ2) is 6.65. The lowest BCUT2D eigenvalue weighted by molar-refractivity contribution is -0.121. The molecular formula is C18H23N3O3. The van der Waals surface area contributed by atoms with Crippen molar-refractivity contribution in [3.05, 3.63) is 41.7 Å². The first-order valence-electron chi connectivity index (χ1n) is 8.22. The van der Waals surface area contributed by atoms with Gasteiger partial charge < -0.3 is 15.2 Å². The second-order valence-corrected chi connectivity index (χ2v) is 6.54. The van der Waals surface area contributed by atoms with Crippen molar-refractivity contribution >= 4 is 11.6 Å². The molecule has 128 valence electrons. The Kier molecular flexibility index (Phi) is 4.57. The molecule has 0 radical (unpaired) electrons. The van der Waals surface area contributed by atoms with E-state index in [1.54, 1.807) is 24.4 Å². The zero-order chi connectivity index (χ0) is 17.3. The molecule has 0 saturated carbocycles. The van der Waals surface area contributed by atoms with E-state index in [0.29, 0.717) is 18.7 Å². The Balaban J connectivity index is 1.77. The molecule has 2 atom stereocenters. The van der Waals surface area contributed by atoms with Gasteiger partial charge in [0.05, 0.1) is 23.9 Å². The van der Waals surface area contributed by atoms with E-state index in [9.17, 15) is 9.90 Å².